The van der Waals surface area contributed by atoms with Gasteiger partial charge in [0.05, 0.1) is 5.56 Å². The maximum absolute atomic E-state index is 10.6. The van der Waals surface area contributed by atoms with Crippen LogP contribution in [0.3, 0.4) is 0 Å². The van der Waals surface area contributed by atoms with Crippen LogP contribution in [0, 0.1) is 0 Å². The Morgan fingerprint density at radius 2 is 2.38 bits per heavy atom. The van der Waals surface area contributed by atoms with E-state index in [0.29, 0.717) is 27.3 Å². The Balaban J connectivity index is 2.88. The van der Waals surface area contributed by atoms with Crippen LogP contribution in [0.5, 0.6) is 0 Å². The van der Waals surface area contributed by atoms with Crippen molar-refractivity contribution in [2.75, 3.05) is 0 Å². The summed E-state index contributed by atoms with van der Waals surface area (Å²) >= 11 is 8.82. The number of nitrogens with zero attached hydrogens (tertiary/aromatic N) is 3. The van der Waals surface area contributed by atoms with Gasteiger partial charge < -0.3 is 0 Å². The minimum absolute atomic E-state index is 0.336. The molecule has 0 N–H and O–H groups in total. The van der Waals surface area contributed by atoms with E-state index in [0.717, 1.165) is 0 Å². The molecule has 0 amide bonds. The highest BCUT2D eigenvalue weighted by Gasteiger charge is 2.10. The minimum atomic E-state index is 0.336. The van der Waals surface area contributed by atoms with Crippen LogP contribution in [0.1, 0.15) is 10.4 Å². The quantitative estimate of drug-likeness (QED) is 0.582. The van der Waals surface area contributed by atoms with Crippen molar-refractivity contribution in [3.63, 3.8) is 0 Å². The van der Waals surface area contributed by atoms with E-state index in [2.05, 4.69) is 26.0 Å². The molecule has 6 heteroatoms. The van der Waals surface area contributed by atoms with E-state index in [4.69, 9.17) is 11.6 Å². The second-order valence-electron chi connectivity index (χ2n) is 2.34. The monoisotopic (exact) mass is 259 g/mol. The van der Waals surface area contributed by atoms with Crippen LogP contribution in [0.2, 0.25) is 5.15 Å². The lowest BCUT2D eigenvalue weighted by Gasteiger charge is -1.91. The number of halogens is 2. The molecule has 0 aliphatic carbocycles. The Bertz CT molecular complexity index is 482. The van der Waals surface area contributed by atoms with Gasteiger partial charge in [0.2, 0.25) is 0 Å². The lowest BCUT2D eigenvalue weighted by atomic mass is 10.4. The highest BCUT2D eigenvalue weighted by Crippen LogP contribution is 2.18. The first-order valence-electron chi connectivity index (χ1n) is 3.38. The van der Waals surface area contributed by atoms with Gasteiger partial charge in [-0.1, -0.05) is 11.6 Å². The molecule has 4 nitrogen and oxygen atoms in total. The van der Waals surface area contributed by atoms with Gasteiger partial charge in [-0.25, -0.2) is 9.50 Å². The van der Waals surface area contributed by atoms with Crippen molar-refractivity contribution in [2.45, 2.75) is 0 Å². The molecule has 0 bridgehead atoms. The molecule has 0 atom stereocenters. The highest BCUT2D eigenvalue weighted by molar-refractivity contribution is 9.10. The number of hydrogen-bond donors (Lipinski definition) is 0. The number of aromatic nitrogens is 3. The van der Waals surface area contributed by atoms with Crippen molar-refractivity contribution < 1.29 is 4.79 Å². The number of aldehydes is 1. The Morgan fingerprint density at radius 1 is 1.62 bits per heavy atom. The molecule has 0 fully saturated rings. The molecule has 0 saturated carbocycles. The molecule has 0 aliphatic heterocycles. The fourth-order valence-corrected chi connectivity index (χ4v) is 1.58. The Morgan fingerprint density at radius 3 is 3.08 bits per heavy atom. The molecule has 2 heterocycles. The first kappa shape index (κ1) is 8.65. The van der Waals surface area contributed by atoms with Gasteiger partial charge in [-0.15, -0.1) is 0 Å². The summed E-state index contributed by atoms with van der Waals surface area (Å²) in [4.78, 5) is 14.6. The topological polar surface area (TPSA) is 47.3 Å². The van der Waals surface area contributed by atoms with E-state index < -0.39 is 0 Å². The summed E-state index contributed by atoms with van der Waals surface area (Å²) in [6.45, 7) is 0. The molecular weight excluding hydrogens is 257 g/mol. The molecular formula is C7H3BrClN3O. The van der Waals surface area contributed by atoms with Crippen LogP contribution in [0.4, 0.5) is 0 Å². The molecule has 13 heavy (non-hydrogen) atoms. The third-order valence-electron chi connectivity index (χ3n) is 1.56. The van der Waals surface area contributed by atoms with Gasteiger partial charge in [0.1, 0.15) is 9.76 Å². The lowest BCUT2D eigenvalue weighted by Crippen LogP contribution is -1.89. The molecule has 0 unspecified atom stereocenters. The third-order valence-corrected chi connectivity index (χ3v) is 2.36. The van der Waals surface area contributed by atoms with Gasteiger partial charge >= 0.3 is 0 Å². The average Bonchev–Trinajstić information content (AvgIpc) is 2.40. The van der Waals surface area contributed by atoms with E-state index >= 15 is 0 Å². The zero-order valence-corrected chi connectivity index (χ0v) is 8.58. The van der Waals surface area contributed by atoms with Crippen molar-refractivity contribution in [3.8, 4) is 0 Å². The van der Waals surface area contributed by atoms with Gasteiger partial charge in [0.25, 0.3) is 0 Å². The highest BCUT2D eigenvalue weighted by atomic mass is 79.9. The van der Waals surface area contributed by atoms with Gasteiger partial charge in [0, 0.05) is 6.20 Å². The van der Waals surface area contributed by atoms with Crippen LogP contribution in [-0.2, 0) is 0 Å². The van der Waals surface area contributed by atoms with Crippen molar-refractivity contribution in [2.24, 2.45) is 0 Å². The van der Waals surface area contributed by atoms with Crippen LogP contribution in [-0.4, -0.2) is 20.9 Å². The lowest BCUT2D eigenvalue weighted by molar-refractivity contribution is 0.112. The summed E-state index contributed by atoms with van der Waals surface area (Å²) < 4.78 is 1.96. The zero-order chi connectivity index (χ0) is 9.42. The molecule has 2 aromatic heterocycles. The zero-order valence-electron chi connectivity index (χ0n) is 6.24. The standard InChI is InChI=1S/C7H3BrClN3O/c8-6-4(3-13)7-10-5(9)1-2-12(7)11-6/h1-3H. The molecule has 0 aliphatic rings. The smallest absolute Gasteiger partial charge is 0.168 e. The van der Waals surface area contributed by atoms with Crippen LogP contribution in [0.15, 0.2) is 16.9 Å². The summed E-state index contributed by atoms with van der Waals surface area (Å²) in [5.74, 6) is 0. The second-order valence-corrected chi connectivity index (χ2v) is 3.48. The van der Waals surface area contributed by atoms with Crippen molar-refractivity contribution in [3.05, 3.63) is 27.6 Å². The summed E-state index contributed by atoms with van der Waals surface area (Å²) in [6.07, 6.45) is 2.33. The Kier molecular flexibility index (Phi) is 2.05. The summed E-state index contributed by atoms with van der Waals surface area (Å²) in [7, 11) is 0. The molecule has 2 rings (SSSR count). The third kappa shape index (κ3) is 1.34. The van der Waals surface area contributed by atoms with Crippen LogP contribution in [0.25, 0.3) is 5.65 Å². The van der Waals surface area contributed by atoms with Gasteiger partial charge in [0.15, 0.2) is 11.9 Å². The number of rotatable bonds is 1. The SMILES string of the molecule is O=Cc1c(Br)nn2ccc(Cl)nc12. The maximum Gasteiger partial charge on any atom is 0.168 e. The fourth-order valence-electron chi connectivity index (χ4n) is 0.999. The van der Waals surface area contributed by atoms with E-state index in [1.807, 2.05) is 0 Å². The van der Waals surface area contributed by atoms with Crippen molar-refractivity contribution in [1.82, 2.24) is 14.6 Å². The van der Waals surface area contributed by atoms with E-state index in [1.165, 1.54) is 4.52 Å². The fraction of sp³-hybridized carbons (Fsp3) is 0. The van der Waals surface area contributed by atoms with E-state index in [1.54, 1.807) is 12.3 Å². The molecule has 0 aromatic carbocycles. The normalized spacial score (nSPS) is 10.6. The number of hydrogen-bond acceptors (Lipinski definition) is 3. The van der Waals surface area contributed by atoms with E-state index in [9.17, 15) is 4.79 Å². The van der Waals surface area contributed by atoms with Crippen molar-refractivity contribution in [1.29, 1.82) is 0 Å². The number of carbonyl (C=O) groups excluding carboxylic acids is 1. The first-order chi connectivity index (χ1) is 6.22. The molecule has 0 spiro atoms. The maximum atomic E-state index is 10.6. The Labute approximate surface area is 86.7 Å². The second kappa shape index (κ2) is 3.08. The average molecular weight is 260 g/mol. The largest absolute Gasteiger partial charge is 0.298 e. The predicted octanol–water partition coefficient (Wildman–Crippen LogP) is 1.96. The van der Waals surface area contributed by atoms with Gasteiger partial charge in [-0.3, -0.25) is 4.79 Å². The number of carbonyl (C=O) groups is 1. The Hall–Kier alpha value is -0.940. The van der Waals surface area contributed by atoms with Crippen molar-refractivity contribution >= 4 is 39.5 Å². The molecule has 0 radical (unpaired) electrons. The molecule has 2 aromatic rings. The van der Waals surface area contributed by atoms with Crippen LogP contribution < -0.4 is 0 Å². The first-order valence-corrected chi connectivity index (χ1v) is 4.55. The molecule has 0 saturated heterocycles. The summed E-state index contributed by atoms with van der Waals surface area (Å²) in [6, 6.07) is 1.60. The number of fused-ring (bicyclic) bond motifs is 1. The van der Waals surface area contributed by atoms with Crippen LogP contribution >= 0.6 is 27.5 Å². The van der Waals surface area contributed by atoms with E-state index in [-0.39, 0.29) is 0 Å². The summed E-state index contributed by atoms with van der Waals surface area (Å²) in [5.41, 5.74) is 0.858. The van der Waals surface area contributed by atoms with Gasteiger partial charge in [-0.2, -0.15) is 5.10 Å². The minimum Gasteiger partial charge on any atom is -0.298 e. The predicted molar refractivity (Wildman–Crippen MR) is 51.1 cm³/mol. The summed E-state index contributed by atoms with van der Waals surface area (Å²) in [5, 5.41) is 4.34. The van der Waals surface area contributed by atoms with Gasteiger partial charge in [-0.05, 0) is 22.0 Å². The molecule has 66 valence electrons.